The van der Waals surface area contributed by atoms with Crippen LogP contribution < -0.4 is 11.1 Å². The number of hydrogen-bond acceptors (Lipinski definition) is 4. The Morgan fingerprint density at radius 1 is 1.73 bits per heavy atom. The summed E-state index contributed by atoms with van der Waals surface area (Å²) in [4.78, 5) is 10.5. The van der Waals surface area contributed by atoms with E-state index in [4.69, 9.17) is 15.3 Å². The number of aliphatic hydroxyl groups is 1. The average Bonchev–Trinajstić information content (AvgIpc) is 2.66. The van der Waals surface area contributed by atoms with Crippen molar-refractivity contribution in [3.05, 3.63) is 24.2 Å². The Morgan fingerprint density at radius 3 is 3.00 bits per heavy atom. The Morgan fingerprint density at radius 2 is 2.47 bits per heavy atom. The van der Waals surface area contributed by atoms with Crippen LogP contribution in [-0.4, -0.2) is 29.7 Å². The van der Waals surface area contributed by atoms with Gasteiger partial charge in [0.15, 0.2) is 0 Å². The van der Waals surface area contributed by atoms with Crippen molar-refractivity contribution in [1.29, 1.82) is 0 Å². The van der Waals surface area contributed by atoms with Crippen molar-refractivity contribution in [3.63, 3.8) is 0 Å². The Balaban J connectivity index is 2.25. The molecule has 0 fully saturated rings. The summed E-state index contributed by atoms with van der Waals surface area (Å²) in [7, 11) is 0. The molecule has 0 aromatic carbocycles. The van der Waals surface area contributed by atoms with E-state index in [2.05, 4.69) is 5.32 Å². The molecule has 0 aliphatic heterocycles. The average molecular weight is 212 g/mol. The SMILES string of the molecule is CC(Cc1ccco1)NCC(O)C(N)=O. The molecule has 84 valence electrons. The maximum absolute atomic E-state index is 10.5. The van der Waals surface area contributed by atoms with Gasteiger partial charge >= 0.3 is 0 Å². The molecule has 0 saturated carbocycles. The number of rotatable bonds is 6. The summed E-state index contributed by atoms with van der Waals surface area (Å²) in [6, 6.07) is 3.81. The number of primary amides is 1. The van der Waals surface area contributed by atoms with Crippen molar-refractivity contribution >= 4 is 5.91 Å². The summed E-state index contributed by atoms with van der Waals surface area (Å²) >= 11 is 0. The van der Waals surface area contributed by atoms with Gasteiger partial charge in [0.1, 0.15) is 11.9 Å². The summed E-state index contributed by atoms with van der Waals surface area (Å²) < 4.78 is 5.16. The molecule has 1 rings (SSSR count). The number of carbonyl (C=O) groups is 1. The van der Waals surface area contributed by atoms with Crippen LogP contribution >= 0.6 is 0 Å². The van der Waals surface area contributed by atoms with Crippen molar-refractivity contribution in [3.8, 4) is 0 Å². The molecule has 5 heteroatoms. The van der Waals surface area contributed by atoms with Crippen molar-refractivity contribution in [2.24, 2.45) is 5.73 Å². The predicted octanol–water partition coefficient (Wildman–Crippen LogP) is -0.354. The van der Waals surface area contributed by atoms with E-state index in [0.717, 1.165) is 5.76 Å². The van der Waals surface area contributed by atoms with Gasteiger partial charge < -0.3 is 20.6 Å². The topological polar surface area (TPSA) is 88.5 Å². The number of hydrogen-bond donors (Lipinski definition) is 3. The molecule has 5 nitrogen and oxygen atoms in total. The highest BCUT2D eigenvalue weighted by Crippen LogP contribution is 2.03. The van der Waals surface area contributed by atoms with E-state index in [1.54, 1.807) is 6.26 Å². The lowest BCUT2D eigenvalue weighted by Crippen LogP contribution is -2.41. The van der Waals surface area contributed by atoms with Gasteiger partial charge in [0.05, 0.1) is 6.26 Å². The molecule has 0 aliphatic rings. The van der Waals surface area contributed by atoms with Gasteiger partial charge in [-0.2, -0.15) is 0 Å². The molecular formula is C10H16N2O3. The third-order valence-electron chi connectivity index (χ3n) is 2.08. The minimum atomic E-state index is -1.14. The zero-order chi connectivity index (χ0) is 11.3. The van der Waals surface area contributed by atoms with Crippen LogP contribution in [-0.2, 0) is 11.2 Å². The Labute approximate surface area is 88.3 Å². The number of carbonyl (C=O) groups excluding carboxylic acids is 1. The summed E-state index contributed by atoms with van der Waals surface area (Å²) in [5.74, 6) is 0.149. The lowest BCUT2D eigenvalue weighted by molar-refractivity contribution is -0.125. The van der Waals surface area contributed by atoms with E-state index in [1.165, 1.54) is 0 Å². The third kappa shape index (κ3) is 4.14. The second-order valence-corrected chi connectivity index (χ2v) is 3.51. The van der Waals surface area contributed by atoms with Crippen LogP contribution in [0.5, 0.6) is 0 Å². The minimum absolute atomic E-state index is 0.116. The van der Waals surface area contributed by atoms with E-state index in [9.17, 15) is 4.79 Å². The van der Waals surface area contributed by atoms with E-state index < -0.39 is 12.0 Å². The molecule has 1 aromatic heterocycles. The van der Waals surface area contributed by atoms with Gasteiger partial charge in [-0.3, -0.25) is 4.79 Å². The largest absolute Gasteiger partial charge is 0.469 e. The highest BCUT2D eigenvalue weighted by Gasteiger charge is 2.12. The molecule has 2 unspecified atom stereocenters. The van der Waals surface area contributed by atoms with Crippen LogP contribution in [0.1, 0.15) is 12.7 Å². The monoisotopic (exact) mass is 212 g/mol. The van der Waals surface area contributed by atoms with Crippen LogP contribution in [0, 0.1) is 0 Å². The highest BCUT2D eigenvalue weighted by atomic mass is 16.3. The fourth-order valence-corrected chi connectivity index (χ4v) is 1.22. The van der Waals surface area contributed by atoms with Gasteiger partial charge in [-0.15, -0.1) is 0 Å². The summed E-state index contributed by atoms with van der Waals surface area (Å²) in [5, 5.41) is 12.1. The second-order valence-electron chi connectivity index (χ2n) is 3.51. The summed E-state index contributed by atoms with van der Waals surface area (Å²) in [6.07, 6.45) is 1.18. The Hall–Kier alpha value is -1.33. The third-order valence-corrected chi connectivity index (χ3v) is 2.08. The van der Waals surface area contributed by atoms with Crippen LogP contribution in [0.3, 0.4) is 0 Å². The first kappa shape index (κ1) is 11.7. The smallest absolute Gasteiger partial charge is 0.247 e. The molecule has 2 atom stereocenters. The van der Waals surface area contributed by atoms with Gasteiger partial charge in [-0.1, -0.05) is 0 Å². The summed E-state index contributed by atoms with van der Waals surface area (Å²) in [5.41, 5.74) is 4.91. The molecule has 1 amide bonds. The first-order valence-electron chi connectivity index (χ1n) is 4.82. The summed E-state index contributed by atoms with van der Waals surface area (Å²) in [6.45, 7) is 2.10. The van der Waals surface area contributed by atoms with Gasteiger partial charge in [0.2, 0.25) is 5.91 Å². The van der Waals surface area contributed by atoms with Gasteiger partial charge in [0, 0.05) is 19.0 Å². The highest BCUT2D eigenvalue weighted by molar-refractivity contribution is 5.78. The predicted molar refractivity (Wildman–Crippen MR) is 55.1 cm³/mol. The number of amides is 1. The van der Waals surface area contributed by atoms with Crippen molar-refractivity contribution < 1.29 is 14.3 Å². The molecule has 1 heterocycles. The van der Waals surface area contributed by atoms with Gasteiger partial charge in [0.25, 0.3) is 0 Å². The van der Waals surface area contributed by atoms with Crippen molar-refractivity contribution in [2.75, 3.05) is 6.54 Å². The molecule has 0 radical (unpaired) electrons. The number of nitrogens with one attached hydrogen (secondary N) is 1. The normalized spacial score (nSPS) is 14.8. The maximum atomic E-state index is 10.5. The van der Waals surface area contributed by atoms with Crippen LogP contribution in [0.15, 0.2) is 22.8 Å². The number of nitrogens with two attached hydrogens (primary N) is 1. The van der Waals surface area contributed by atoms with E-state index in [1.807, 2.05) is 19.1 Å². The van der Waals surface area contributed by atoms with Gasteiger partial charge in [-0.25, -0.2) is 0 Å². The fraction of sp³-hybridized carbons (Fsp3) is 0.500. The van der Waals surface area contributed by atoms with Crippen LogP contribution in [0.25, 0.3) is 0 Å². The van der Waals surface area contributed by atoms with E-state index >= 15 is 0 Å². The molecule has 0 aliphatic carbocycles. The number of furan rings is 1. The lowest BCUT2D eigenvalue weighted by atomic mass is 10.2. The Kier molecular flexibility index (Phi) is 4.33. The minimum Gasteiger partial charge on any atom is -0.469 e. The molecule has 0 saturated heterocycles. The first-order chi connectivity index (χ1) is 7.09. The first-order valence-corrected chi connectivity index (χ1v) is 4.82. The maximum Gasteiger partial charge on any atom is 0.247 e. The molecule has 15 heavy (non-hydrogen) atoms. The van der Waals surface area contributed by atoms with E-state index in [-0.39, 0.29) is 12.6 Å². The number of aliphatic hydroxyl groups excluding tert-OH is 1. The molecular weight excluding hydrogens is 196 g/mol. The quantitative estimate of drug-likeness (QED) is 0.601. The zero-order valence-corrected chi connectivity index (χ0v) is 8.64. The standard InChI is InChI=1S/C10H16N2O3/c1-7(5-8-3-2-4-15-8)12-6-9(13)10(11)14/h2-4,7,9,12-13H,5-6H2,1H3,(H2,11,14). The second kappa shape index (κ2) is 5.53. The molecule has 0 spiro atoms. The molecule has 4 N–H and O–H groups in total. The van der Waals surface area contributed by atoms with Gasteiger partial charge in [-0.05, 0) is 19.1 Å². The Bertz CT molecular complexity index is 298. The lowest BCUT2D eigenvalue weighted by Gasteiger charge is -2.14. The molecule has 1 aromatic rings. The van der Waals surface area contributed by atoms with Crippen molar-refractivity contribution in [2.45, 2.75) is 25.5 Å². The molecule has 0 bridgehead atoms. The van der Waals surface area contributed by atoms with Crippen LogP contribution in [0.4, 0.5) is 0 Å². The zero-order valence-electron chi connectivity index (χ0n) is 8.64. The van der Waals surface area contributed by atoms with Crippen molar-refractivity contribution in [1.82, 2.24) is 5.32 Å². The fourth-order valence-electron chi connectivity index (χ4n) is 1.22. The van der Waals surface area contributed by atoms with Crippen LogP contribution in [0.2, 0.25) is 0 Å². The van der Waals surface area contributed by atoms with E-state index in [0.29, 0.717) is 6.42 Å².